The van der Waals surface area contributed by atoms with Crippen molar-refractivity contribution in [2.24, 2.45) is 4.99 Å². The molecule has 0 unspecified atom stereocenters. The largest absolute Gasteiger partial charge is 0.493 e. The molecule has 0 N–H and O–H groups in total. The molecule has 2 aromatic rings. The van der Waals surface area contributed by atoms with E-state index in [9.17, 15) is 9.59 Å². The van der Waals surface area contributed by atoms with E-state index in [0.29, 0.717) is 21.9 Å². The van der Waals surface area contributed by atoms with E-state index in [2.05, 4.69) is 4.99 Å². The van der Waals surface area contributed by atoms with Crippen molar-refractivity contribution in [2.75, 3.05) is 7.11 Å². The Hall–Kier alpha value is -2.83. The lowest BCUT2D eigenvalue weighted by Gasteiger charge is -2.08. The highest BCUT2D eigenvalue weighted by Crippen LogP contribution is 2.31. The monoisotopic (exact) mass is 405 g/mol. The number of hydrogen-bond donors (Lipinski definition) is 0. The number of aliphatic imine (C=N–C) groups is 1. The molecule has 0 atom stereocenters. The van der Waals surface area contributed by atoms with Crippen LogP contribution in [0.4, 0.5) is 0 Å². The van der Waals surface area contributed by atoms with Crippen LogP contribution in [0.3, 0.4) is 0 Å². The number of ether oxygens (including phenoxy) is 3. The van der Waals surface area contributed by atoms with Crippen molar-refractivity contribution in [3.63, 3.8) is 0 Å². The first-order valence-electron chi connectivity index (χ1n) is 7.72. The van der Waals surface area contributed by atoms with Gasteiger partial charge < -0.3 is 14.2 Å². The van der Waals surface area contributed by atoms with Crippen LogP contribution >= 0.6 is 23.2 Å². The van der Waals surface area contributed by atoms with Gasteiger partial charge in [0.2, 0.25) is 5.90 Å². The maximum Gasteiger partial charge on any atom is 0.363 e. The Morgan fingerprint density at radius 1 is 1.19 bits per heavy atom. The SMILES string of the molecule is COc1ccc(/C=C2/N=C(c3cccc(Cl)c3Cl)OC2=O)cc1OC(C)=O. The molecule has 0 radical (unpaired) electrons. The number of esters is 2. The van der Waals surface area contributed by atoms with E-state index < -0.39 is 11.9 Å². The van der Waals surface area contributed by atoms with Gasteiger partial charge in [0.05, 0.1) is 22.7 Å². The zero-order valence-corrected chi connectivity index (χ0v) is 15.8. The van der Waals surface area contributed by atoms with Gasteiger partial charge in [-0.15, -0.1) is 0 Å². The number of rotatable bonds is 4. The second kappa shape index (κ2) is 7.82. The highest BCUT2D eigenvalue weighted by Gasteiger charge is 2.26. The van der Waals surface area contributed by atoms with Gasteiger partial charge in [0.25, 0.3) is 0 Å². The molecule has 1 aliphatic heterocycles. The minimum atomic E-state index is -0.633. The first-order valence-corrected chi connectivity index (χ1v) is 8.48. The molecule has 2 aromatic carbocycles. The van der Waals surface area contributed by atoms with Crippen LogP contribution in [-0.4, -0.2) is 24.9 Å². The minimum absolute atomic E-state index is 0.0625. The van der Waals surface area contributed by atoms with Gasteiger partial charge in [-0.05, 0) is 35.9 Å². The number of benzene rings is 2. The van der Waals surface area contributed by atoms with Crippen LogP contribution in [0.5, 0.6) is 11.5 Å². The smallest absolute Gasteiger partial charge is 0.363 e. The van der Waals surface area contributed by atoms with Gasteiger partial charge >= 0.3 is 11.9 Å². The average Bonchev–Trinajstić information content (AvgIpc) is 2.97. The van der Waals surface area contributed by atoms with Crippen LogP contribution in [0.25, 0.3) is 6.08 Å². The van der Waals surface area contributed by atoms with E-state index in [1.54, 1.807) is 36.4 Å². The molecular formula is C19H13Cl2NO5. The molecule has 0 aromatic heterocycles. The molecule has 8 heteroatoms. The number of hydrogen-bond acceptors (Lipinski definition) is 6. The molecule has 138 valence electrons. The molecule has 0 amide bonds. The summed E-state index contributed by atoms with van der Waals surface area (Å²) in [5.41, 5.74) is 1.05. The van der Waals surface area contributed by atoms with Gasteiger partial charge in [0.15, 0.2) is 17.2 Å². The first-order chi connectivity index (χ1) is 12.9. The summed E-state index contributed by atoms with van der Waals surface area (Å²) < 4.78 is 15.5. The van der Waals surface area contributed by atoms with E-state index in [-0.39, 0.29) is 22.4 Å². The molecule has 0 aliphatic carbocycles. The van der Waals surface area contributed by atoms with Crippen LogP contribution in [0.2, 0.25) is 10.0 Å². The predicted octanol–water partition coefficient (Wildman–Crippen LogP) is 4.27. The number of nitrogens with zero attached hydrogens (tertiary/aromatic N) is 1. The summed E-state index contributed by atoms with van der Waals surface area (Å²) in [7, 11) is 1.46. The number of carbonyl (C=O) groups is 2. The van der Waals surface area contributed by atoms with Crippen LogP contribution in [0.15, 0.2) is 47.1 Å². The fraction of sp³-hybridized carbons (Fsp3) is 0.105. The predicted molar refractivity (Wildman–Crippen MR) is 101 cm³/mol. The third kappa shape index (κ3) is 4.13. The quantitative estimate of drug-likeness (QED) is 0.431. The highest BCUT2D eigenvalue weighted by atomic mass is 35.5. The van der Waals surface area contributed by atoms with Gasteiger partial charge in [0, 0.05) is 6.92 Å². The van der Waals surface area contributed by atoms with Gasteiger partial charge in [-0.1, -0.05) is 35.3 Å². The number of carbonyl (C=O) groups excluding carboxylic acids is 2. The normalized spacial score (nSPS) is 14.7. The topological polar surface area (TPSA) is 74.2 Å². The Morgan fingerprint density at radius 2 is 1.96 bits per heavy atom. The first kappa shape index (κ1) is 18.9. The summed E-state index contributed by atoms with van der Waals surface area (Å²) in [6.07, 6.45) is 1.50. The van der Waals surface area contributed by atoms with Crippen molar-refractivity contribution in [3.05, 3.63) is 63.3 Å². The molecule has 0 saturated carbocycles. The van der Waals surface area contributed by atoms with Gasteiger partial charge in [-0.2, -0.15) is 0 Å². The lowest BCUT2D eigenvalue weighted by molar-refractivity contribution is -0.132. The van der Waals surface area contributed by atoms with Crippen molar-refractivity contribution in [1.82, 2.24) is 0 Å². The Balaban J connectivity index is 1.97. The lowest BCUT2D eigenvalue weighted by Crippen LogP contribution is -2.06. The zero-order chi connectivity index (χ0) is 19.6. The van der Waals surface area contributed by atoms with E-state index in [1.807, 2.05) is 0 Å². The Morgan fingerprint density at radius 3 is 2.67 bits per heavy atom. The van der Waals surface area contributed by atoms with Crippen molar-refractivity contribution < 1.29 is 23.8 Å². The van der Waals surface area contributed by atoms with Crippen molar-refractivity contribution in [1.29, 1.82) is 0 Å². The lowest BCUT2D eigenvalue weighted by atomic mass is 10.1. The molecule has 1 heterocycles. The standard InChI is InChI=1S/C19H13Cl2NO5/c1-10(23)26-16-9-11(6-7-15(16)25-2)8-14-19(24)27-18(22-14)12-4-3-5-13(20)17(12)21/h3-9H,1-2H3/b14-8+. The zero-order valence-electron chi connectivity index (χ0n) is 14.3. The molecule has 1 aliphatic rings. The molecular weight excluding hydrogens is 393 g/mol. The third-order valence-electron chi connectivity index (χ3n) is 3.55. The summed E-state index contributed by atoms with van der Waals surface area (Å²) in [6, 6.07) is 9.80. The number of methoxy groups -OCH3 is 1. The fourth-order valence-corrected chi connectivity index (χ4v) is 2.75. The summed E-state index contributed by atoms with van der Waals surface area (Å²) in [5, 5.41) is 0.570. The number of cyclic esters (lactones) is 1. The van der Waals surface area contributed by atoms with Crippen LogP contribution in [-0.2, 0) is 14.3 Å². The summed E-state index contributed by atoms with van der Waals surface area (Å²) in [5.74, 6) is -0.447. The summed E-state index contributed by atoms with van der Waals surface area (Å²) in [6.45, 7) is 1.28. The van der Waals surface area contributed by atoms with Gasteiger partial charge in [-0.3, -0.25) is 4.79 Å². The van der Waals surface area contributed by atoms with Crippen molar-refractivity contribution in [2.45, 2.75) is 6.92 Å². The van der Waals surface area contributed by atoms with Crippen LogP contribution in [0, 0.1) is 0 Å². The third-order valence-corrected chi connectivity index (χ3v) is 4.37. The van der Waals surface area contributed by atoms with E-state index in [0.717, 1.165) is 0 Å². The maximum absolute atomic E-state index is 12.2. The van der Waals surface area contributed by atoms with Gasteiger partial charge in [-0.25, -0.2) is 9.79 Å². The molecule has 0 saturated heterocycles. The van der Waals surface area contributed by atoms with E-state index in [4.69, 9.17) is 37.4 Å². The Bertz CT molecular complexity index is 998. The minimum Gasteiger partial charge on any atom is -0.493 e. The average molecular weight is 406 g/mol. The Labute approximate surface area is 165 Å². The highest BCUT2D eigenvalue weighted by molar-refractivity contribution is 6.44. The summed E-state index contributed by atoms with van der Waals surface area (Å²) >= 11 is 12.1. The number of halogens is 2. The molecule has 3 rings (SSSR count). The van der Waals surface area contributed by atoms with Crippen LogP contribution < -0.4 is 9.47 Å². The van der Waals surface area contributed by atoms with Crippen molar-refractivity contribution >= 4 is 47.1 Å². The summed E-state index contributed by atoms with van der Waals surface area (Å²) in [4.78, 5) is 27.6. The fourth-order valence-electron chi connectivity index (χ4n) is 2.37. The molecule has 6 nitrogen and oxygen atoms in total. The second-order valence-corrected chi connectivity index (χ2v) is 6.23. The Kier molecular flexibility index (Phi) is 5.48. The molecule has 27 heavy (non-hydrogen) atoms. The van der Waals surface area contributed by atoms with Crippen LogP contribution in [0.1, 0.15) is 18.1 Å². The molecule has 0 fully saturated rings. The molecule has 0 spiro atoms. The second-order valence-electron chi connectivity index (χ2n) is 5.44. The maximum atomic E-state index is 12.2. The van der Waals surface area contributed by atoms with Crippen molar-refractivity contribution in [3.8, 4) is 11.5 Å². The van der Waals surface area contributed by atoms with E-state index in [1.165, 1.54) is 20.1 Å². The molecule has 0 bridgehead atoms. The van der Waals surface area contributed by atoms with E-state index >= 15 is 0 Å². The van der Waals surface area contributed by atoms with Gasteiger partial charge in [0.1, 0.15) is 0 Å².